The zero-order valence-electron chi connectivity index (χ0n) is 12.6. The van der Waals surface area contributed by atoms with Crippen LogP contribution in [-0.4, -0.2) is 18.3 Å². The molecular weight excluding hydrogens is 318 g/mol. The summed E-state index contributed by atoms with van der Waals surface area (Å²) in [6, 6.07) is 13.2. The Morgan fingerprint density at radius 3 is 2.43 bits per heavy atom. The first kappa shape index (κ1) is 16.9. The van der Waals surface area contributed by atoms with Crippen molar-refractivity contribution in [3.05, 3.63) is 51.2 Å². The van der Waals surface area contributed by atoms with Crippen molar-refractivity contribution in [1.29, 1.82) is 0 Å². The first-order valence-corrected chi connectivity index (χ1v) is 9.58. The van der Waals surface area contributed by atoms with E-state index in [1.807, 2.05) is 35.2 Å². The Labute approximate surface area is 141 Å². The van der Waals surface area contributed by atoms with Gasteiger partial charge in [-0.05, 0) is 55.8 Å². The third kappa shape index (κ3) is 5.67. The fourth-order valence-corrected chi connectivity index (χ4v) is 4.29. The lowest BCUT2D eigenvalue weighted by Crippen LogP contribution is -2.32. The summed E-state index contributed by atoms with van der Waals surface area (Å²) in [5, 5.41) is 4.40. The summed E-state index contributed by atoms with van der Waals surface area (Å²) in [5.41, 5.74) is 0. The van der Waals surface area contributed by atoms with Crippen LogP contribution in [0.3, 0.4) is 0 Å². The Kier molecular flexibility index (Phi) is 7.11. The number of hydrogen-bond acceptors (Lipinski definition) is 3. The number of benzene rings is 1. The van der Waals surface area contributed by atoms with Crippen LogP contribution in [-0.2, 0) is 12.8 Å². The molecule has 0 fully saturated rings. The van der Waals surface area contributed by atoms with Crippen molar-refractivity contribution in [2.75, 3.05) is 12.3 Å². The predicted octanol–water partition coefficient (Wildman–Crippen LogP) is 5.28. The molecule has 1 atom stereocenters. The zero-order valence-corrected chi connectivity index (χ0v) is 15.0. The summed E-state index contributed by atoms with van der Waals surface area (Å²) in [6.45, 7) is 5.40. The van der Waals surface area contributed by atoms with Gasteiger partial charge in [0.05, 0.1) is 0 Å². The van der Waals surface area contributed by atoms with Gasteiger partial charge in [0.25, 0.3) is 0 Å². The number of nitrogens with one attached hydrogen (secondary N) is 1. The fourth-order valence-electron chi connectivity index (χ4n) is 2.17. The monoisotopic (exact) mass is 339 g/mol. The van der Waals surface area contributed by atoms with E-state index in [0.717, 1.165) is 30.2 Å². The van der Waals surface area contributed by atoms with Crippen LogP contribution >= 0.6 is 34.7 Å². The summed E-state index contributed by atoms with van der Waals surface area (Å²) < 4.78 is 0. The summed E-state index contributed by atoms with van der Waals surface area (Å²) in [6.07, 6.45) is 2.25. The van der Waals surface area contributed by atoms with Crippen molar-refractivity contribution in [3.8, 4) is 0 Å². The highest BCUT2D eigenvalue weighted by Crippen LogP contribution is 2.24. The van der Waals surface area contributed by atoms with Crippen molar-refractivity contribution in [1.82, 2.24) is 5.32 Å². The molecule has 0 aliphatic rings. The van der Waals surface area contributed by atoms with Gasteiger partial charge in [-0.25, -0.2) is 0 Å². The van der Waals surface area contributed by atoms with Crippen molar-refractivity contribution in [2.24, 2.45) is 0 Å². The molecular formula is C17H22ClNS2. The van der Waals surface area contributed by atoms with Crippen LogP contribution in [0, 0.1) is 0 Å². The van der Waals surface area contributed by atoms with Crippen LogP contribution in [0.15, 0.2) is 41.3 Å². The Morgan fingerprint density at radius 2 is 1.81 bits per heavy atom. The van der Waals surface area contributed by atoms with Gasteiger partial charge in [-0.1, -0.05) is 25.4 Å². The van der Waals surface area contributed by atoms with E-state index in [1.54, 1.807) is 0 Å². The van der Waals surface area contributed by atoms with Gasteiger partial charge in [-0.15, -0.1) is 23.1 Å². The van der Waals surface area contributed by atoms with E-state index < -0.39 is 0 Å². The van der Waals surface area contributed by atoms with Gasteiger partial charge in [0.1, 0.15) is 0 Å². The van der Waals surface area contributed by atoms with Crippen LogP contribution in [0.1, 0.15) is 23.6 Å². The van der Waals surface area contributed by atoms with Crippen LogP contribution in [0.4, 0.5) is 0 Å². The normalized spacial score (nSPS) is 12.5. The van der Waals surface area contributed by atoms with Gasteiger partial charge in [0.2, 0.25) is 0 Å². The molecule has 21 heavy (non-hydrogen) atoms. The second-order valence-corrected chi connectivity index (χ2v) is 7.73. The molecule has 1 heterocycles. The molecule has 1 N–H and O–H groups in total. The summed E-state index contributed by atoms with van der Waals surface area (Å²) >= 11 is 9.76. The number of hydrogen-bond donors (Lipinski definition) is 1. The molecule has 4 heteroatoms. The van der Waals surface area contributed by atoms with Crippen LogP contribution < -0.4 is 5.32 Å². The van der Waals surface area contributed by atoms with E-state index in [9.17, 15) is 0 Å². The minimum atomic E-state index is 0.513. The second-order valence-electron chi connectivity index (χ2n) is 4.95. The molecule has 1 aromatic heterocycles. The molecule has 2 rings (SSSR count). The third-order valence-electron chi connectivity index (χ3n) is 3.27. The highest BCUT2D eigenvalue weighted by Gasteiger charge is 2.11. The maximum absolute atomic E-state index is 5.93. The van der Waals surface area contributed by atoms with Crippen molar-refractivity contribution < 1.29 is 0 Å². The first-order chi connectivity index (χ1) is 10.2. The lowest BCUT2D eigenvalue weighted by Gasteiger charge is -2.16. The van der Waals surface area contributed by atoms with Crippen LogP contribution in [0.25, 0.3) is 0 Å². The quantitative estimate of drug-likeness (QED) is 0.657. The smallest absolute Gasteiger partial charge is 0.0406 e. The zero-order chi connectivity index (χ0) is 15.1. The van der Waals surface area contributed by atoms with Gasteiger partial charge in [-0.2, -0.15) is 0 Å². The minimum Gasteiger partial charge on any atom is -0.313 e. The molecule has 0 aliphatic carbocycles. The lowest BCUT2D eigenvalue weighted by atomic mass is 10.2. The third-order valence-corrected chi connectivity index (χ3v) is 5.95. The topological polar surface area (TPSA) is 12.0 Å². The Bertz CT molecular complexity index is 536. The molecule has 0 bridgehead atoms. The molecule has 114 valence electrons. The number of thioether (sulfide) groups is 1. The molecule has 0 saturated carbocycles. The summed E-state index contributed by atoms with van der Waals surface area (Å²) in [5.74, 6) is 1.08. The number of aryl methyl sites for hydroxylation is 1. The van der Waals surface area contributed by atoms with Gasteiger partial charge in [-0.3, -0.25) is 0 Å². The van der Waals surface area contributed by atoms with E-state index in [1.165, 1.54) is 14.6 Å². The maximum atomic E-state index is 5.93. The largest absolute Gasteiger partial charge is 0.313 e. The summed E-state index contributed by atoms with van der Waals surface area (Å²) in [7, 11) is 0. The van der Waals surface area contributed by atoms with Crippen LogP contribution in [0.5, 0.6) is 0 Å². The number of rotatable bonds is 8. The number of halogens is 1. The first-order valence-electron chi connectivity index (χ1n) is 7.40. The van der Waals surface area contributed by atoms with E-state index in [0.29, 0.717) is 6.04 Å². The van der Waals surface area contributed by atoms with Gasteiger partial charge in [0.15, 0.2) is 0 Å². The SMILES string of the molecule is CCNC(CSc1ccc(Cl)cc1)Cc1ccc(CC)s1. The lowest BCUT2D eigenvalue weighted by molar-refractivity contribution is 0.576. The van der Waals surface area contributed by atoms with Crippen molar-refractivity contribution in [2.45, 2.75) is 37.6 Å². The van der Waals surface area contributed by atoms with Gasteiger partial charge in [0, 0.05) is 31.5 Å². The van der Waals surface area contributed by atoms with Gasteiger partial charge >= 0.3 is 0 Å². The predicted molar refractivity (Wildman–Crippen MR) is 97.0 cm³/mol. The second kappa shape index (κ2) is 8.84. The molecule has 1 nitrogen and oxygen atoms in total. The molecule has 1 aromatic carbocycles. The van der Waals surface area contributed by atoms with Crippen molar-refractivity contribution >= 4 is 34.7 Å². The Balaban J connectivity index is 1.90. The van der Waals surface area contributed by atoms with E-state index in [4.69, 9.17) is 11.6 Å². The van der Waals surface area contributed by atoms with E-state index in [2.05, 4.69) is 43.4 Å². The van der Waals surface area contributed by atoms with E-state index in [-0.39, 0.29) is 0 Å². The standard InChI is InChI=1S/C17H22ClNS2/c1-3-15-9-10-17(21-15)11-14(19-4-2)12-20-16-7-5-13(18)6-8-16/h5-10,14,19H,3-4,11-12H2,1-2H3. The molecule has 0 aliphatic heterocycles. The number of likely N-dealkylation sites (N-methyl/N-ethyl adjacent to an activating group) is 1. The Morgan fingerprint density at radius 1 is 1.10 bits per heavy atom. The average molecular weight is 340 g/mol. The highest BCUT2D eigenvalue weighted by atomic mass is 35.5. The molecule has 0 spiro atoms. The van der Waals surface area contributed by atoms with Crippen LogP contribution in [0.2, 0.25) is 5.02 Å². The molecule has 0 saturated heterocycles. The summed E-state index contributed by atoms with van der Waals surface area (Å²) in [4.78, 5) is 4.24. The Hall–Kier alpha value is -0.480. The molecule has 0 radical (unpaired) electrons. The fraction of sp³-hybridized carbons (Fsp3) is 0.412. The van der Waals surface area contributed by atoms with Gasteiger partial charge < -0.3 is 5.32 Å². The molecule has 0 amide bonds. The average Bonchev–Trinajstić information content (AvgIpc) is 2.94. The highest BCUT2D eigenvalue weighted by molar-refractivity contribution is 7.99. The van der Waals surface area contributed by atoms with E-state index >= 15 is 0 Å². The number of thiophene rings is 1. The maximum Gasteiger partial charge on any atom is 0.0406 e. The molecule has 2 aromatic rings. The van der Waals surface area contributed by atoms with Crippen molar-refractivity contribution in [3.63, 3.8) is 0 Å². The molecule has 1 unspecified atom stereocenters. The minimum absolute atomic E-state index is 0.513.